The lowest BCUT2D eigenvalue weighted by atomic mass is 9.99. The molecule has 0 aliphatic rings. The topological polar surface area (TPSA) is 53.5 Å². The Bertz CT molecular complexity index is 4610. The monoisotopic (exact) mass is 956 g/mol. The normalized spacial score (nSPS) is 11.7. The van der Waals surface area contributed by atoms with Crippen LogP contribution >= 0.6 is 0 Å². The van der Waals surface area contributed by atoms with Crippen LogP contribution in [0.25, 0.3) is 139 Å². The number of fused-ring (bicyclic) bond motifs is 10. The van der Waals surface area contributed by atoms with Gasteiger partial charge in [0, 0.05) is 54.8 Å². The van der Waals surface area contributed by atoms with Gasteiger partial charge in [-0.2, -0.15) is 9.97 Å². The smallest absolute Gasteiger partial charge is 0.238 e. The Morgan fingerprint density at radius 1 is 0.213 bits per heavy atom. The van der Waals surface area contributed by atoms with E-state index in [0.29, 0.717) is 17.6 Å². The molecule has 4 aromatic heterocycles. The number of aromatic nitrogens is 6. The van der Waals surface area contributed by atoms with Crippen LogP contribution in [-0.2, 0) is 0 Å². The van der Waals surface area contributed by atoms with Crippen molar-refractivity contribution in [3.63, 3.8) is 0 Å². The van der Waals surface area contributed by atoms with E-state index in [4.69, 9.17) is 15.0 Å². The van der Waals surface area contributed by atoms with Gasteiger partial charge in [-0.1, -0.05) is 218 Å². The van der Waals surface area contributed by atoms with Gasteiger partial charge < -0.3 is 9.13 Å². The third kappa shape index (κ3) is 6.99. The second kappa shape index (κ2) is 17.3. The summed E-state index contributed by atoms with van der Waals surface area (Å²) in [6.07, 6.45) is 0. The SMILES string of the molecule is c1ccc(-c2ccc(-c3ccc(-c4nc(-c5ccccc5)nc(-n5c6ccccc6c6ccc7c8cc(-n9c%10ccccc%10c%10ccccc%109)ccc8n(-c8cccc(-c9ccccc9)c8)c7c65)n4)cc3)cc2)cc1. The average Bonchev–Trinajstić information content (AvgIpc) is 4.15. The Hall–Kier alpha value is -10.2. The molecule has 0 aliphatic heterocycles. The van der Waals surface area contributed by atoms with Crippen molar-refractivity contribution in [2.45, 2.75) is 0 Å². The highest BCUT2D eigenvalue weighted by Gasteiger charge is 2.25. The fourth-order valence-corrected chi connectivity index (χ4v) is 11.4. The maximum atomic E-state index is 5.47. The number of rotatable bonds is 8. The van der Waals surface area contributed by atoms with Crippen LogP contribution in [0.15, 0.2) is 267 Å². The van der Waals surface area contributed by atoms with E-state index in [-0.39, 0.29) is 0 Å². The maximum Gasteiger partial charge on any atom is 0.238 e. The highest BCUT2D eigenvalue weighted by atomic mass is 15.2. The van der Waals surface area contributed by atoms with Gasteiger partial charge in [0.15, 0.2) is 11.6 Å². The lowest BCUT2D eigenvalue weighted by Gasteiger charge is -2.14. The van der Waals surface area contributed by atoms with E-state index in [1.54, 1.807) is 0 Å². The molecule has 0 radical (unpaired) electrons. The van der Waals surface area contributed by atoms with E-state index in [0.717, 1.165) is 88.4 Å². The molecule has 350 valence electrons. The molecule has 0 aliphatic carbocycles. The minimum atomic E-state index is 0.541. The largest absolute Gasteiger partial charge is 0.309 e. The number of hydrogen-bond acceptors (Lipinski definition) is 3. The summed E-state index contributed by atoms with van der Waals surface area (Å²) >= 11 is 0. The molecule has 11 aromatic carbocycles. The Morgan fingerprint density at radius 2 is 0.600 bits per heavy atom. The van der Waals surface area contributed by atoms with Gasteiger partial charge in [0.2, 0.25) is 5.95 Å². The molecular formula is C69H44N6. The van der Waals surface area contributed by atoms with Crippen LogP contribution < -0.4 is 0 Å². The van der Waals surface area contributed by atoms with Crippen LogP contribution in [0, 0.1) is 0 Å². The van der Waals surface area contributed by atoms with Crippen molar-refractivity contribution >= 4 is 65.4 Å². The number of hydrogen-bond donors (Lipinski definition) is 0. The summed E-state index contributed by atoms with van der Waals surface area (Å²) in [6.45, 7) is 0. The van der Waals surface area contributed by atoms with Crippen molar-refractivity contribution in [2.24, 2.45) is 0 Å². The zero-order chi connectivity index (χ0) is 49.4. The van der Waals surface area contributed by atoms with Crippen molar-refractivity contribution in [3.05, 3.63) is 267 Å². The third-order valence-electron chi connectivity index (χ3n) is 14.9. The molecule has 0 bridgehead atoms. The van der Waals surface area contributed by atoms with Gasteiger partial charge >= 0.3 is 0 Å². The lowest BCUT2D eigenvalue weighted by Crippen LogP contribution is -2.07. The summed E-state index contributed by atoms with van der Waals surface area (Å²) in [6, 6.07) is 95.3. The minimum Gasteiger partial charge on any atom is -0.309 e. The molecule has 0 atom stereocenters. The molecule has 6 heteroatoms. The number of para-hydroxylation sites is 3. The van der Waals surface area contributed by atoms with Crippen LogP contribution in [0.3, 0.4) is 0 Å². The van der Waals surface area contributed by atoms with E-state index >= 15 is 0 Å². The summed E-state index contributed by atoms with van der Waals surface area (Å²) in [5, 5.41) is 6.95. The predicted molar refractivity (Wildman–Crippen MR) is 310 cm³/mol. The Morgan fingerprint density at radius 3 is 1.17 bits per heavy atom. The highest BCUT2D eigenvalue weighted by molar-refractivity contribution is 6.24. The third-order valence-corrected chi connectivity index (χ3v) is 14.9. The molecule has 6 nitrogen and oxygen atoms in total. The predicted octanol–water partition coefficient (Wildman–Crippen LogP) is 17.5. The van der Waals surface area contributed by atoms with Crippen molar-refractivity contribution in [3.8, 4) is 73.5 Å². The summed E-state index contributed by atoms with van der Waals surface area (Å²) in [7, 11) is 0. The van der Waals surface area contributed by atoms with Crippen molar-refractivity contribution < 1.29 is 0 Å². The molecular weight excluding hydrogens is 913 g/mol. The first-order valence-electron chi connectivity index (χ1n) is 25.4. The van der Waals surface area contributed by atoms with Gasteiger partial charge in [-0.3, -0.25) is 4.57 Å². The van der Waals surface area contributed by atoms with Gasteiger partial charge in [-0.05, 0) is 81.9 Å². The van der Waals surface area contributed by atoms with Crippen LogP contribution in [0.5, 0.6) is 0 Å². The van der Waals surface area contributed by atoms with Crippen molar-refractivity contribution in [2.75, 3.05) is 0 Å². The summed E-state index contributed by atoms with van der Waals surface area (Å²) in [5.74, 6) is 1.73. The van der Waals surface area contributed by atoms with E-state index in [1.165, 1.54) is 32.9 Å². The summed E-state index contributed by atoms with van der Waals surface area (Å²) < 4.78 is 7.14. The Balaban J connectivity index is 0.982. The van der Waals surface area contributed by atoms with Crippen molar-refractivity contribution in [1.29, 1.82) is 0 Å². The van der Waals surface area contributed by atoms with Gasteiger partial charge in [0.1, 0.15) is 0 Å². The molecule has 0 amide bonds. The fraction of sp³-hybridized carbons (Fsp3) is 0. The molecule has 0 unspecified atom stereocenters. The number of nitrogens with zero attached hydrogens (tertiary/aromatic N) is 6. The zero-order valence-corrected chi connectivity index (χ0v) is 40.6. The molecule has 0 saturated heterocycles. The van der Waals surface area contributed by atoms with Gasteiger partial charge in [-0.25, -0.2) is 4.98 Å². The molecule has 0 fully saturated rings. The average molecular weight is 957 g/mol. The molecule has 0 saturated carbocycles. The van der Waals surface area contributed by atoms with Crippen molar-refractivity contribution in [1.82, 2.24) is 28.7 Å². The first-order valence-corrected chi connectivity index (χ1v) is 25.4. The Labute approximate surface area is 432 Å². The first-order chi connectivity index (χ1) is 37.2. The molecule has 4 heterocycles. The van der Waals surface area contributed by atoms with Gasteiger partial charge in [-0.15, -0.1) is 0 Å². The number of benzene rings is 11. The molecule has 15 rings (SSSR count). The summed E-state index contributed by atoms with van der Waals surface area (Å²) in [5.41, 5.74) is 17.4. The highest BCUT2D eigenvalue weighted by Crippen LogP contribution is 2.44. The van der Waals surface area contributed by atoms with Crippen LogP contribution in [0.1, 0.15) is 0 Å². The van der Waals surface area contributed by atoms with Gasteiger partial charge in [0.05, 0.1) is 33.1 Å². The first kappa shape index (κ1) is 42.5. The van der Waals surface area contributed by atoms with Crippen LogP contribution in [-0.4, -0.2) is 28.7 Å². The minimum absolute atomic E-state index is 0.541. The van der Waals surface area contributed by atoms with Crippen LogP contribution in [0.2, 0.25) is 0 Å². The quantitative estimate of drug-likeness (QED) is 0.152. The maximum absolute atomic E-state index is 5.47. The molecule has 15 aromatic rings. The zero-order valence-electron chi connectivity index (χ0n) is 40.6. The Kier molecular flexibility index (Phi) is 9.78. The van der Waals surface area contributed by atoms with E-state index < -0.39 is 0 Å². The second-order valence-electron chi connectivity index (χ2n) is 19.2. The van der Waals surface area contributed by atoms with E-state index in [9.17, 15) is 0 Å². The molecule has 75 heavy (non-hydrogen) atoms. The second-order valence-corrected chi connectivity index (χ2v) is 19.2. The molecule has 0 N–H and O–H groups in total. The fourth-order valence-electron chi connectivity index (χ4n) is 11.4. The van der Waals surface area contributed by atoms with E-state index in [2.05, 4.69) is 262 Å². The molecule has 0 spiro atoms. The standard InChI is InChI=1S/C69H44N6/c1-4-17-45(18-5-1)47-31-33-48(34-32-47)49-35-37-51(38-36-49)68-70-67(50-21-8-3-9-22-50)71-69(72-68)75-63-30-15-12-27-57(63)58-40-41-59-60-44-54(73-61-28-13-10-25-55(61)56-26-11-14-29-62(56)73)39-42-64(60)74(65(59)66(58)75)53-24-16-23-52(43-53)46-19-6-2-7-20-46/h1-44H. The van der Waals surface area contributed by atoms with Gasteiger partial charge in [0.25, 0.3) is 0 Å². The van der Waals surface area contributed by atoms with Crippen LogP contribution in [0.4, 0.5) is 0 Å². The lowest BCUT2D eigenvalue weighted by molar-refractivity contribution is 0.953. The van der Waals surface area contributed by atoms with E-state index in [1.807, 2.05) is 18.2 Å². The summed E-state index contributed by atoms with van der Waals surface area (Å²) in [4.78, 5) is 16.1.